The minimum absolute atomic E-state index is 0.0384. The summed E-state index contributed by atoms with van der Waals surface area (Å²) in [7, 11) is 1.55. The smallest absolute Gasteiger partial charge is 0.300 e. The zero-order valence-corrected chi connectivity index (χ0v) is 21.1. The minimum Gasteiger partial charge on any atom is -0.507 e. The molecule has 1 fully saturated rings. The first-order chi connectivity index (χ1) is 17.4. The lowest BCUT2D eigenvalue weighted by molar-refractivity contribution is -0.132. The standard InChI is InChI=1S/C30H31NO5/c1-5-19-8-12-21(13-9-19)28(32)26-27(22-14-17-24(35-4)25(18-22)36-7-3)31(30(34)29(26)33)23-15-10-20(6-2)11-16-23/h8-18,27,32H,5-7H2,1-4H3/b28-26-. The van der Waals surface area contributed by atoms with Gasteiger partial charge in [-0.25, -0.2) is 0 Å². The number of hydrogen-bond acceptors (Lipinski definition) is 5. The predicted molar refractivity (Wildman–Crippen MR) is 141 cm³/mol. The lowest BCUT2D eigenvalue weighted by atomic mass is 9.94. The van der Waals surface area contributed by atoms with E-state index < -0.39 is 17.7 Å². The van der Waals surface area contributed by atoms with Crippen molar-refractivity contribution >= 4 is 23.1 Å². The number of nitrogens with zero attached hydrogens (tertiary/aromatic N) is 1. The van der Waals surface area contributed by atoms with Gasteiger partial charge < -0.3 is 14.6 Å². The van der Waals surface area contributed by atoms with Crippen LogP contribution in [0.25, 0.3) is 5.76 Å². The van der Waals surface area contributed by atoms with E-state index in [2.05, 4.69) is 6.92 Å². The van der Waals surface area contributed by atoms with Crippen LogP contribution in [0.2, 0.25) is 0 Å². The summed E-state index contributed by atoms with van der Waals surface area (Å²) in [5, 5.41) is 11.3. The fourth-order valence-corrected chi connectivity index (χ4v) is 4.49. The maximum absolute atomic E-state index is 13.4. The molecule has 0 saturated carbocycles. The summed E-state index contributed by atoms with van der Waals surface area (Å²) in [5.41, 5.74) is 3.95. The quantitative estimate of drug-likeness (QED) is 0.246. The fourth-order valence-electron chi connectivity index (χ4n) is 4.49. The van der Waals surface area contributed by atoms with Gasteiger partial charge in [-0.1, -0.05) is 56.3 Å². The largest absolute Gasteiger partial charge is 0.507 e. The van der Waals surface area contributed by atoms with Gasteiger partial charge >= 0.3 is 0 Å². The van der Waals surface area contributed by atoms with E-state index in [9.17, 15) is 14.7 Å². The number of rotatable bonds is 8. The Labute approximate surface area is 211 Å². The molecule has 6 nitrogen and oxygen atoms in total. The second-order valence-corrected chi connectivity index (χ2v) is 8.58. The van der Waals surface area contributed by atoms with Gasteiger partial charge in [-0.05, 0) is 60.7 Å². The maximum atomic E-state index is 13.4. The number of aryl methyl sites for hydroxylation is 2. The molecule has 1 N–H and O–H groups in total. The number of aliphatic hydroxyl groups excluding tert-OH is 1. The van der Waals surface area contributed by atoms with E-state index in [0.29, 0.717) is 34.9 Å². The molecule has 0 radical (unpaired) electrons. The van der Waals surface area contributed by atoms with Crippen molar-refractivity contribution in [3.63, 3.8) is 0 Å². The van der Waals surface area contributed by atoms with Gasteiger partial charge in [-0.2, -0.15) is 0 Å². The fraction of sp³-hybridized carbons (Fsp3) is 0.267. The predicted octanol–water partition coefficient (Wildman–Crippen LogP) is 5.85. The lowest BCUT2D eigenvalue weighted by Gasteiger charge is -2.26. The number of carbonyl (C=O) groups excluding carboxylic acids is 2. The van der Waals surface area contributed by atoms with Gasteiger partial charge in [0.25, 0.3) is 11.7 Å². The molecule has 1 heterocycles. The SMILES string of the molecule is CCOc1cc(C2/C(=C(/O)c3ccc(CC)cc3)C(=O)C(=O)N2c2ccc(CC)cc2)ccc1OC. The van der Waals surface area contributed by atoms with Gasteiger partial charge in [0.2, 0.25) is 0 Å². The molecule has 3 aromatic rings. The number of hydrogen-bond donors (Lipinski definition) is 1. The lowest BCUT2D eigenvalue weighted by Crippen LogP contribution is -2.29. The number of amides is 1. The molecule has 1 atom stereocenters. The summed E-state index contributed by atoms with van der Waals surface area (Å²) >= 11 is 0. The molecule has 1 aliphatic heterocycles. The Bertz CT molecular complexity index is 1290. The van der Waals surface area contributed by atoms with E-state index in [4.69, 9.17) is 9.47 Å². The monoisotopic (exact) mass is 485 g/mol. The first kappa shape index (κ1) is 25.0. The average Bonchev–Trinajstić information content (AvgIpc) is 3.18. The zero-order chi connectivity index (χ0) is 25.8. The molecule has 0 aliphatic carbocycles. The average molecular weight is 486 g/mol. The molecule has 36 heavy (non-hydrogen) atoms. The second-order valence-electron chi connectivity index (χ2n) is 8.58. The molecule has 1 saturated heterocycles. The number of carbonyl (C=O) groups is 2. The van der Waals surface area contributed by atoms with Crippen molar-refractivity contribution in [2.24, 2.45) is 0 Å². The number of anilines is 1. The molecule has 0 aromatic heterocycles. The molecule has 1 unspecified atom stereocenters. The van der Waals surface area contributed by atoms with E-state index in [1.807, 2.05) is 50.2 Å². The van der Waals surface area contributed by atoms with Crippen molar-refractivity contribution in [2.75, 3.05) is 18.6 Å². The molecule has 1 amide bonds. The second kappa shape index (κ2) is 10.7. The Balaban J connectivity index is 1.93. The summed E-state index contributed by atoms with van der Waals surface area (Å²) in [5.74, 6) is -0.589. The van der Waals surface area contributed by atoms with E-state index in [1.54, 1.807) is 37.4 Å². The number of aliphatic hydroxyl groups is 1. The summed E-state index contributed by atoms with van der Waals surface area (Å²) in [6, 6.07) is 19.4. The highest BCUT2D eigenvalue weighted by atomic mass is 16.5. The Morgan fingerprint density at radius 1 is 0.861 bits per heavy atom. The van der Waals surface area contributed by atoms with Crippen LogP contribution >= 0.6 is 0 Å². The number of benzene rings is 3. The van der Waals surface area contributed by atoms with Gasteiger partial charge in [0, 0.05) is 11.3 Å². The van der Waals surface area contributed by atoms with Crippen LogP contribution < -0.4 is 14.4 Å². The van der Waals surface area contributed by atoms with Crippen LogP contribution in [0.4, 0.5) is 5.69 Å². The van der Waals surface area contributed by atoms with Gasteiger partial charge in [0.1, 0.15) is 5.76 Å². The highest BCUT2D eigenvalue weighted by Crippen LogP contribution is 2.44. The van der Waals surface area contributed by atoms with Gasteiger partial charge in [0.05, 0.1) is 25.3 Å². The van der Waals surface area contributed by atoms with Crippen molar-refractivity contribution in [3.8, 4) is 11.5 Å². The number of ketones is 1. The third-order valence-corrected chi connectivity index (χ3v) is 6.51. The van der Waals surface area contributed by atoms with Crippen molar-refractivity contribution in [1.29, 1.82) is 0 Å². The van der Waals surface area contributed by atoms with Crippen LogP contribution in [0, 0.1) is 0 Å². The highest BCUT2D eigenvalue weighted by molar-refractivity contribution is 6.51. The third-order valence-electron chi connectivity index (χ3n) is 6.51. The number of Topliss-reactive ketones (excluding diaryl/α,β-unsaturated/α-hetero) is 1. The molecule has 0 spiro atoms. The summed E-state index contributed by atoms with van der Waals surface area (Å²) in [6.07, 6.45) is 1.71. The number of methoxy groups -OCH3 is 1. The van der Waals surface area contributed by atoms with Crippen molar-refractivity contribution in [2.45, 2.75) is 39.7 Å². The third kappa shape index (κ3) is 4.59. The van der Waals surface area contributed by atoms with Gasteiger partial charge in [-0.3, -0.25) is 14.5 Å². The highest BCUT2D eigenvalue weighted by Gasteiger charge is 2.47. The molecular weight excluding hydrogens is 454 g/mol. The van der Waals surface area contributed by atoms with Crippen molar-refractivity contribution in [1.82, 2.24) is 0 Å². The van der Waals surface area contributed by atoms with E-state index in [-0.39, 0.29) is 11.3 Å². The Hall–Kier alpha value is -4.06. The van der Waals surface area contributed by atoms with Gasteiger partial charge in [0.15, 0.2) is 11.5 Å². The van der Waals surface area contributed by atoms with Crippen LogP contribution in [0.5, 0.6) is 11.5 Å². The molecular formula is C30H31NO5. The van der Waals surface area contributed by atoms with Crippen LogP contribution in [0.15, 0.2) is 72.3 Å². The first-order valence-electron chi connectivity index (χ1n) is 12.2. The van der Waals surface area contributed by atoms with Crippen molar-refractivity contribution < 1.29 is 24.2 Å². The molecule has 4 rings (SSSR count). The normalized spacial score (nSPS) is 16.9. The number of ether oxygens (including phenoxy) is 2. The Morgan fingerprint density at radius 3 is 2.03 bits per heavy atom. The van der Waals surface area contributed by atoms with Crippen LogP contribution in [-0.4, -0.2) is 30.5 Å². The van der Waals surface area contributed by atoms with E-state index in [1.165, 1.54) is 4.90 Å². The molecule has 6 heteroatoms. The minimum atomic E-state index is -0.839. The topological polar surface area (TPSA) is 76.1 Å². The molecule has 186 valence electrons. The van der Waals surface area contributed by atoms with Crippen LogP contribution in [0.1, 0.15) is 49.1 Å². The Kier molecular flexibility index (Phi) is 7.44. The van der Waals surface area contributed by atoms with Gasteiger partial charge in [-0.15, -0.1) is 0 Å². The molecule has 3 aromatic carbocycles. The summed E-state index contributed by atoms with van der Waals surface area (Å²) in [6.45, 7) is 6.39. The Morgan fingerprint density at radius 2 is 1.47 bits per heavy atom. The maximum Gasteiger partial charge on any atom is 0.300 e. The zero-order valence-electron chi connectivity index (χ0n) is 21.1. The molecule has 0 bridgehead atoms. The summed E-state index contributed by atoms with van der Waals surface area (Å²) < 4.78 is 11.2. The first-order valence-corrected chi connectivity index (χ1v) is 12.2. The molecule has 1 aliphatic rings. The van der Waals surface area contributed by atoms with Crippen LogP contribution in [-0.2, 0) is 22.4 Å². The van der Waals surface area contributed by atoms with Crippen molar-refractivity contribution in [3.05, 3.63) is 94.6 Å². The van der Waals surface area contributed by atoms with Crippen LogP contribution in [0.3, 0.4) is 0 Å². The van der Waals surface area contributed by atoms with E-state index >= 15 is 0 Å². The summed E-state index contributed by atoms with van der Waals surface area (Å²) in [4.78, 5) is 28.3. The van der Waals surface area contributed by atoms with E-state index in [0.717, 1.165) is 24.0 Å².